The van der Waals surface area contributed by atoms with E-state index in [1.807, 2.05) is 0 Å². The van der Waals surface area contributed by atoms with Crippen LogP contribution in [0.4, 0.5) is 11.4 Å². The minimum atomic E-state index is -3.92. The number of rotatable bonds is 5. The number of nitrogens with zero attached hydrogens (tertiary/aromatic N) is 1. The summed E-state index contributed by atoms with van der Waals surface area (Å²) in [4.78, 5) is 35.2. The van der Waals surface area contributed by atoms with E-state index in [9.17, 15) is 22.8 Å². The Morgan fingerprint density at radius 2 is 1.90 bits per heavy atom. The van der Waals surface area contributed by atoms with Crippen LogP contribution in [0.1, 0.15) is 17.3 Å². The highest BCUT2D eigenvalue weighted by atomic mass is 35.5. The van der Waals surface area contributed by atoms with Gasteiger partial charge in [-0.2, -0.15) is 4.31 Å². The summed E-state index contributed by atoms with van der Waals surface area (Å²) >= 11 is 6.16. The molecule has 3 N–H and O–H groups in total. The van der Waals surface area contributed by atoms with Gasteiger partial charge in [0.05, 0.1) is 22.2 Å². The summed E-state index contributed by atoms with van der Waals surface area (Å²) in [5.74, 6) is -1.19. The van der Waals surface area contributed by atoms with Crippen molar-refractivity contribution in [2.45, 2.75) is 11.8 Å². The second kappa shape index (κ2) is 8.82. The third kappa shape index (κ3) is 4.96. The maximum atomic E-state index is 12.8. The summed E-state index contributed by atoms with van der Waals surface area (Å²) in [6.07, 6.45) is 0. The van der Waals surface area contributed by atoms with Crippen LogP contribution in [0.3, 0.4) is 0 Å². The van der Waals surface area contributed by atoms with Crippen molar-refractivity contribution in [3.8, 4) is 0 Å². The van der Waals surface area contributed by atoms with Crippen LogP contribution in [-0.4, -0.2) is 50.1 Å². The predicted molar refractivity (Wildman–Crippen MR) is 112 cm³/mol. The van der Waals surface area contributed by atoms with Crippen molar-refractivity contribution >= 4 is 50.7 Å². The highest BCUT2D eigenvalue weighted by Crippen LogP contribution is 2.26. The molecule has 9 nitrogen and oxygen atoms in total. The number of nitrogens with one attached hydrogen (secondary N) is 3. The zero-order chi connectivity index (χ0) is 21.9. The minimum absolute atomic E-state index is 0.0862. The minimum Gasteiger partial charge on any atom is -0.354 e. The first kappa shape index (κ1) is 21.8. The quantitative estimate of drug-likeness (QED) is 0.639. The van der Waals surface area contributed by atoms with Crippen molar-refractivity contribution in [2.75, 3.05) is 30.3 Å². The van der Waals surface area contributed by atoms with Crippen LogP contribution in [0.15, 0.2) is 47.4 Å². The molecule has 0 spiro atoms. The molecule has 1 fully saturated rings. The SMILES string of the molecule is CC(=O)Nc1ccc(NC(=O)c2cccc(S(=O)(=O)N3CCNC(=O)C3)c2)c(Cl)c1. The second-order valence-electron chi connectivity index (χ2n) is 6.55. The number of piperazine rings is 1. The van der Waals surface area contributed by atoms with E-state index in [1.165, 1.54) is 43.3 Å². The summed E-state index contributed by atoms with van der Waals surface area (Å²) in [5.41, 5.74) is 0.889. The van der Waals surface area contributed by atoms with Crippen LogP contribution in [0.25, 0.3) is 0 Å². The van der Waals surface area contributed by atoms with E-state index in [1.54, 1.807) is 6.07 Å². The fourth-order valence-corrected chi connectivity index (χ4v) is 4.53. The molecule has 158 valence electrons. The molecule has 1 aliphatic heterocycles. The van der Waals surface area contributed by atoms with Crippen molar-refractivity contribution in [3.63, 3.8) is 0 Å². The summed E-state index contributed by atoms with van der Waals surface area (Å²) in [6.45, 7) is 1.47. The van der Waals surface area contributed by atoms with Gasteiger partial charge in [0.2, 0.25) is 21.8 Å². The lowest BCUT2D eigenvalue weighted by Crippen LogP contribution is -2.49. The van der Waals surface area contributed by atoms with Crippen LogP contribution in [-0.2, 0) is 19.6 Å². The van der Waals surface area contributed by atoms with Crippen LogP contribution in [0, 0.1) is 0 Å². The van der Waals surface area contributed by atoms with Crippen molar-refractivity contribution < 1.29 is 22.8 Å². The number of anilines is 2. The lowest BCUT2D eigenvalue weighted by molar-refractivity contribution is -0.122. The molecule has 0 saturated carbocycles. The number of hydrogen-bond acceptors (Lipinski definition) is 5. The van der Waals surface area contributed by atoms with Crippen molar-refractivity contribution in [1.29, 1.82) is 0 Å². The first-order valence-corrected chi connectivity index (χ1v) is 10.7. The molecule has 1 heterocycles. The Hall–Kier alpha value is -2.95. The molecule has 11 heteroatoms. The summed E-state index contributed by atoms with van der Waals surface area (Å²) < 4.78 is 26.7. The maximum Gasteiger partial charge on any atom is 0.255 e. The Morgan fingerprint density at radius 3 is 2.57 bits per heavy atom. The van der Waals surface area contributed by atoms with Crippen molar-refractivity contribution in [1.82, 2.24) is 9.62 Å². The molecule has 0 bridgehead atoms. The molecule has 0 radical (unpaired) electrons. The van der Waals surface area contributed by atoms with E-state index in [0.717, 1.165) is 4.31 Å². The van der Waals surface area contributed by atoms with Gasteiger partial charge in [0.15, 0.2) is 0 Å². The third-order valence-electron chi connectivity index (χ3n) is 4.27. The monoisotopic (exact) mass is 450 g/mol. The smallest absolute Gasteiger partial charge is 0.255 e. The number of benzene rings is 2. The Labute approximate surface area is 178 Å². The molecule has 2 aromatic carbocycles. The van der Waals surface area contributed by atoms with Crippen molar-refractivity contribution in [2.24, 2.45) is 0 Å². The van der Waals surface area contributed by atoms with Crippen LogP contribution in [0.2, 0.25) is 5.02 Å². The molecule has 30 heavy (non-hydrogen) atoms. The lowest BCUT2D eigenvalue weighted by Gasteiger charge is -2.26. The molecule has 1 aliphatic rings. The predicted octanol–water partition coefficient (Wildman–Crippen LogP) is 1.67. The van der Waals surface area contributed by atoms with Crippen LogP contribution >= 0.6 is 11.6 Å². The zero-order valence-corrected chi connectivity index (χ0v) is 17.5. The molecular formula is C19H19ClN4O5S. The molecule has 0 aliphatic carbocycles. The first-order valence-electron chi connectivity index (χ1n) is 8.92. The van der Waals surface area contributed by atoms with E-state index in [4.69, 9.17) is 11.6 Å². The molecule has 0 atom stereocenters. The van der Waals surface area contributed by atoms with Crippen molar-refractivity contribution in [3.05, 3.63) is 53.1 Å². The Morgan fingerprint density at radius 1 is 1.13 bits per heavy atom. The zero-order valence-electron chi connectivity index (χ0n) is 15.9. The number of sulfonamides is 1. The Bertz CT molecular complexity index is 1120. The molecule has 0 unspecified atom stereocenters. The number of carbonyl (C=O) groups excluding carboxylic acids is 3. The highest BCUT2D eigenvalue weighted by Gasteiger charge is 2.29. The number of carbonyl (C=O) groups is 3. The molecule has 2 aromatic rings. The summed E-state index contributed by atoms with van der Waals surface area (Å²) in [7, 11) is -3.92. The molecular weight excluding hydrogens is 432 g/mol. The van der Waals surface area contributed by atoms with Gasteiger partial charge >= 0.3 is 0 Å². The van der Waals surface area contributed by atoms with Gasteiger partial charge in [-0.15, -0.1) is 0 Å². The van der Waals surface area contributed by atoms with Gasteiger partial charge in [-0.25, -0.2) is 8.42 Å². The highest BCUT2D eigenvalue weighted by molar-refractivity contribution is 7.89. The van der Waals surface area contributed by atoms with Gasteiger partial charge in [0.1, 0.15) is 0 Å². The van der Waals surface area contributed by atoms with Gasteiger partial charge in [-0.3, -0.25) is 14.4 Å². The topological polar surface area (TPSA) is 125 Å². The first-order chi connectivity index (χ1) is 14.2. The molecule has 3 amide bonds. The standard InChI is InChI=1S/C19H19ClN4O5S/c1-12(25)22-14-5-6-17(16(20)10-14)23-19(27)13-3-2-4-15(9-13)30(28,29)24-8-7-21-18(26)11-24/h2-6,9-10H,7-8,11H2,1H3,(H,21,26)(H,22,25)(H,23,27). The Kier molecular flexibility index (Phi) is 6.40. The largest absolute Gasteiger partial charge is 0.354 e. The van der Waals surface area contributed by atoms with Gasteiger partial charge in [-0.1, -0.05) is 17.7 Å². The molecule has 0 aromatic heterocycles. The van der Waals surface area contributed by atoms with Gasteiger partial charge in [-0.05, 0) is 36.4 Å². The van der Waals surface area contributed by atoms with E-state index in [-0.39, 0.29) is 46.9 Å². The van der Waals surface area contributed by atoms with Crippen LogP contribution in [0.5, 0.6) is 0 Å². The van der Waals surface area contributed by atoms with E-state index < -0.39 is 15.9 Å². The lowest BCUT2D eigenvalue weighted by atomic mass is 10.2. The van der Waals surface area contributed by atoms with Gasteiger partial charge in [0.25, 0.3) is 5.91 Å². The average Bonchev–Trinajstić information content (AvgIpc) is 2.69. The fourth-order valence-electron chi connectivity index (χ4n) is 2.86. The normalized spacial score (nSPS) is 14.7. The maximum absolute atomic E-state index is 12.8. The fraction of sp³-hybridized carbons (Fsp3) is 0.211. The summed E-state index contributed by atoms with van der Waals surface area (Å²) in [5, 5.41) is 7.97. The number of halogens is 1. The molecule has 1 saturated heterocycles. The van der Waals surface area contributed by atoms with Gasteiger partial charge < -0.3 is 16.0 Å². The van der Waals surface area contributed by atoms with E-state index in [0.29, 0.717) is 11.4 Å². The Balaban J connectivity index is 1.79. The number of hydrogen-bond donors (Lipinski definition) is 3. The van der Waals surface area contributed by atoms with Gasteiger partial charge in [0, 0.05) is 31.3 Å². The summed E-state index contributed by atoms with van der Waals surface area (Å²) in [6, 6.07) is 10.1. The second-order valence-corrected chi connectivity index (χ2v) is 8.89. The van der Waals surface area contributed by atoms with E-state index in [2.05, 4.69) is 16.0 Å². The van der Waals surface area contributed by atoms with Crippen LogP contribution < -0.4 is 16.0 Å². The third-order valence-corrected chi connectivity index (χ3v) is 6.43. The number of amides is 3. The van der Waals surface area contributed by atoms with E-state index >= 15 is 0 Å². The average molecular weight is 451 g/mol. The molecule has 3 rings (SSSR count).